The Morgan fingerprint density at radius 2 is 2.50 bits per heavy atom. The zero-order chi connectivity index (χ0) is 9.80. The van der Waals surface area contributed by atoms with E-state index in [-0.39, 0.29) is 0 Å². The third-order valence-corrected chi connectivity index (χ3v) is 4.18. The Morgan fingerprint density at radius 3 is 3.14 bits per heavy atom. The number of nitrogens with zero attached hydrogens (tertiary/aromatic N) is 1. The molecule has 2 aliphatic heterocycles. The SMILES string of the molecule is CN(CC1COCCN1)C1CCSC1. The van der Waals surface area contributed by atoms with Crippen LogP contribution in [0, 0.1) is 0 Å². The lowest BCUT2D eigenvalue weighted by molar-refractivity contribution is 0.0611. The normalized spacial score (nSPS) is 33.9. The molecule has 2 heterocycles. The molecule has 0 spiro atoms. The smallest absolute Gasteiger partial charge is 0.0632 e. The highest BCUT2D eigenvalue weighted by atomic mass is 32.2. The molecule has 82 valence electrons. The van der Waals surface area contributed by atoms with Gasteiger partial charge in [0.05, 0.1) is 13.2 Å². The van der Waals surface area contributed by atoms with Gasteiger partial charge >= 0.3 is 0 Å². The van der Waals surface area contributed by atoms with Crippen molar-refractivity contribution in [2.24, 2.45) is 0 Å². The van der Waals surface area contributed by atoms with Crippen molar-refractivity contribution < 1.29 is 4.74 Å². The number of nitrogens with one attached hydrogen (secondary N) is 1. The Bertz CT molecular complexity index is 168. The van der Waals surface area contributed by atoms with E-state index in [2.05, 4.69) is 29.0 Å². The molecule has 2 unspecified atom stereocenters. The Labute approximate surface area is 90.6 Å². The van der Waals surface area contributed by atoms with E-state index in [9.17, 15) is 0 Å². The van der Waals surface area contributed by atoms with Crippen molar-refractivity contribution in [3.8, 4) is 0 Å². The van der Waals surface area contributed by atoms with E-state index in [0.717, 1.165) is 32.3 Å². The first-order valence-electron chi connectivity index (χ1n) is 5.45. The molecule has 0 aromatic rings. The van der Waals surface area contributed by atoms with Gasteiger partial charge in [-0.25, -0.2) is 0 Å². The fourth-order valence-corrected chi connectivity index (χ4v) is 3.40. The van der Waals surface area contributed by atoms with Gasteiger partial charge in [0.15, 0.2) is 0 Å². The maximum atomic E-state index is 5.45. The molecule has 0 radical (unpaired) electrons. The molecule has 2 rings (SSSR count). The van der Waals surface area contributed by atoms with Crippen LogP contribution >= 0.6 is 11.8 Å². The quantitative estimate of drug-likeness (QED) is 0.738. The number of hydrogen-bond donors (Lipinski definition) is 1. The lowest BCUT2D eigenvalue weighted by atomic mass is 10.2. The number of likely N-dealkylation sites (N-methyl/N-ethyl adjacent to an activating group) is 1. The van der Waals surface area contributed by atoms with Gasteiger partial charge in [-0.1, -0.05) is 0 Å². The number of hydrogen-bond acceptors (Lipinski definition) is 4. The molecule has 0 aromatic carbocycles. The second-order valence-electron chi connectivity index (χ2n) is 4.18. The molecular weight excluding hydrogens is 196 g/mol. The summed E-state index contributed by atoms with van der Waals surface area (Å²) in [6.45, 7) is 3.90. The standard InChI is InChI=1S/C10H20N2OS/c1-12(10-2-5-14-8-10)6-9-7-13-4-3-11-9/h9-11H,2-8H2,1H3. The van der Waals surface area contributed by atoms with Crippen molar-refractivity contribution in [2.75, 3.05) is 44.9 Å². The summed E-state index contributed by atoms with van der Waals surface area (Å²) in [5.41, 5.74) is 0. The third kappa shape index (κ3) is 2.86. The maximum absolute atomic E-state index is 5.45. The zero-order valence-corrected chi connectivity index (χ0v) is 9.68. The summed E-state index contributed by atoms with van der Waals surface area (Å²) in [6.07, 6.45) is 1.36. The Kier molecular flexibility index (Phi) is 4.10. The lowest BCUT2D eigenvalue weighted by Gasteiger charge is -2.31. The minimum absolute atomic E-state index is 0.541. The average Bonchev–Trinajstić information content (AvgIpc) is 2.72. The predicted molar refractivity (Wildman–Crippen MR) is 61.0 cm³/mol. The first-order valence-corrected chi connectivity index (χ1v) is 6.61. The van der Waals surface area contributed by atoms with Crippen LogP contribution in [0.5, 0.6) is 0 Å². The summed E-state index contributed by atoms with van der Waals surface area (Å²) in [5, 5.41) is 3.50. The van der Waals surface area contributed by atoms with E-state index < -0.39 is 0 Å². The number of morpholine rings is 1. The number of rotatable bonds is 3. The molecule has 0 saturated carbocycles. The Balaban J connectivity index is 1.72. The first-order chi connectivity index (χ1) is 6.86. The van der Waals surface area contributed by atoms with Gasteiger partial charge in [-0.2, -0.15) is 11.8 Å². The van der Waals surface area contributed by atoms with E-state index in [4.69, 9.17) is 4.74 Å². The average molecular weight is 216 g/mol. The summed E-state index contributed by atoms with van der Waals surface area (Å²) >= 11 is 2.08. The van der Waals surface area contributed by atoms with Crippen LogP contribution < -0.4 is 5.32 Å². The first kappa shape index (κ1) is 10.7. The summed E-state index contributed by atoms with van der Waals surface area (Å²) in [7, 11) is 2.24. The maximum Gasteiger partial charge on any atom is 0.0632 e. The second kappa shape index (κ2) is 5.35. The van der Waals surface area contributed by atoms with Crippen LogP contribution in [0.3, 0.4) is 0 Å². The van der Waals surface area contributed by atoms with E-state index >= 15 is 0 Å². The molecule has 0 amide bonds. The van der Waals surface area contributed by atoms with Crippen LogP contribution in [0.2, 0.25) is 0 Å². The van der Waals surface area contributed by atoms with Crippen LogP contribution in [-0.2, 0) is 4.74 Å². The Morgan fingerprint density at radius 1 is 1.57 bits per heavy atom. The summed E-state index contributed by atoms with van der Waals surface area (Å²) in [4.78, 5) is 2.49. The van der Waals surface area contributed by atoms with E-state index in [0.29, 0.717) is 6.04 Å². The van der Waals surface area contributed by atoms with Crippen LogP contribution in [0.25, 0.3) is 0 Å². The fraction of sp³-hybridized carbons (Fsp3) is 1.00. The fourth-order valence-electron chi connectivity index (χ4n) is 2.10. The van der Waals surface area contributed by atoms with Gasteiger partial charge < -0.3 is 15.0 Å². The van der Waals surface area contributed by atoms with Crippen LogP contribution in [-0.4, -0.2) is 61.8 Å². The molecule has 2 atom stereocenters. The van der Waals surface area contributed by atoms with Gasteiger partial charge in [0.25, 0.3) is 0 Å². The molecular formula is C10H20N2OS. The molecule has 0 aromatic heterocycles. The van der Waals surface area contributed by atoms with Crippen molar-refractivity contribution in [2.45, 2.75) is 18.5 Å². The van der Waals surface area contributed by atoms with Gasteiger partial charge in [0, 0.05) is 30.9 Å². The summed E-state index contributed by atoms with van der Waals surface area (Å²) < 4.78 is 5.45. The molecule has 0 bridgehead atoms. The van der Waals surface area contributed by atoms with Crippen molar-refractivity contribution in [1.29, 1.82) is 0 Å². The summed E-state index contributed by atoms with van der Waals surface area (Å²) in [6, 6.07) is 1.34. The highest BCUT2D eigenvalue weighted by Gasteiger charge is 2.23. The second-order valence-corrected chi connectivity index (χ2v) is 5.33. The van der Waals surface area contributed by atoms with E-state index in [1.54, 1.807) is 0 Å². The predicted octanol–water partition coefficient (Wildman–Crippen LogP) is 0.412. The van der Waals surface area contributed by atoms with Crippen molar-refractivity contribution >= 4 is 11.8 Å². The zero-order valence-electron chi connectivity index (χ0n) is 8.87. The van der Waals surface area contributed by atoms with E-state index in [1.807, 2.05) is 0 Å². The minimum Gasteiger partial charge on any atom is -0.378 e. The summed E-state index contributed by atoms with van der Waals surface area (Å²) in [5.74, 6) is 2.65. The van der Waals surface area contributed by atoms with Gasteiger partial charge in [-0.05, 0) is 19.2 Å². The Hall–Kier alpha value is 0.230. The number of ether oxygens (including phenoxy) is 1. The lowest BCUT2D eigenvalue weighted by Crippen LogP contribution is -2.49. The third-order valence-electron chi connectivity index (χ3n) is 3.04. The van der Waals surface area contributed by atoms with Gasteiger partial charge in [0.1, 0.15) is 0 Å². The molecule has 2 aliphatic rings. The van der Waals surface area contributed by atoms with Crippen molar-refractivity contribution in [3.63, 3.8) is 0 Å². The molecule has 4 heteroatoms. The minimum atomic E-state index is 0.541. The molecule has 0 aliphatic carbocycles. The van der Waals surface area contributed by atoms with Crippen LogP contribution in [0.1, 0.15) is 6.42 Å². The van der Waals surface area contributed by atoms with Gasteiger partial charge in [-0.3, -0.25) is 0 Å². The van der Waals surface area contributed by atoms with Crippen molar-refractivity contribution in [1.82, 2.24) is 10.2 Å². The van der Waals surface area contributed by atoms with Crippen LogP contribution in [0.4, 0.5) is 0 Å². The topological polar surface area (TPSA) is 24.5 Å². The number of thioether (sulfide) groups is 1. The van der Waals surface area contributed by atoms with Crippen molar-refractivity contribution in [3.05, 3.63) is 0 Å². The monoisotopic (exact) mass is 216 g/mol. The highest BCUT2D eigenvalue weighted by Crippen LogP contribution is 2.21. The van der Waals surface area contributed by atoms with Crippen LogP contribution in [0.15, 0.2) is 0 Å². The largest absolute Gasteiger partial charge is 0.378 e. The van der Waals surface area contributed by atoms with Gasteiger partial charge in [0.2, 0.25) is 0 Å². The molecule has 14 heavy (non-hydrogen) atoms. The van der Waals surface area contributed by atoms with E-state index in [1.165, 1.54) is 17.9 Å². The molecule has 3 nitrogen and oxygen atoms in total. The molecule has 1 N–H and O–H groups in total. The highest BCUT2D eigenvalue weighted by molar-refractivity contribution is 7.99. The molecule has 2 fully saturated rings. The van der Waals surface area contributed by atoms with Gasteiger partial charge in [-0.15, -0.1) is 0 Å². The molecule has 2 saturated heterocycles.